The van der Waals surface area contributed by atoms with Gasteiger partial charge in [-0.2, -0.15) is 0 Å². The molecule has 10 N–H and O–H groups in total. The molecular formula is C43H53N11O7. The molecule has 322 valence electrons. The van der Waals surface area contributed by atoms with Crippen LogP contribution in [-0.4, -0.2) is 94.3 Å². The Morgan fingerprint density at radius 3 is 2.48 bits per heavy atom. The van der Waals surface area contributed by atoms with Crippen molar-refractivity contribution in [3.8, 4) is 0 Å². The Kier molecular flexibility index (Phi) is 14.6. The maximum absolute atomic E-state index is 13.6. The van der Waals surface area contributed by atoms with Crippen LogP contribution in [0.3, 0.4) is 0 Å². The molecule has 3 heterocycles. The molecule has 61 heavy (non-hydrogen) atoms. The number of allylic oxidation sites excluding steroid dienone is 1. The van der Waals surface area contributed by atoms with Gasteiger partial charge in [0.1, 0.15) is 11.9 Å². The zero-order chi connectivity index (χ0) is 44.5. The van der Waals surface area contributed by atoms with Crippen LogP contribution in [-0.2, 0) is 20.9 Å². The standard InChI is InChI=1S/C43H53N11O7/c1-7-53(16-15-48-52-37(56)22-46-32-10-8-9-28-38(32)43(61)54(42(28)60)34-12-14-36(55)51-41(34)59)35(45)13-11-24(4)27-18-29(30(20-44)33(19-27)49-23(2)3)39(57)47-21-31-25(5)17-26(6)50-40(31)58/h8-11,13,17-20,23,34,45-46,48-49H,7,12,14-16,21-22,44H2,1-6H3,(H,47,57)(H,50,58)(H,52,56)(H,51,55,59). The number of imide groups is 2. The van der Waals surface area contributed by atoms with Gasteiger partial charge in [-0.1, -0.05) is 12.1 Å². The fourth-order valence-electron chi connectivity index (χ4n) is 7.13. The van der Waals surface area contributed by atoms with Crippen LogP contribution in [0.2, 0.25) is 0 Å². The molecule has 0 aliphatic carbocycles. The number of benzene rings is 2. The van der Waals surface area contributed by atoms with E-state index in [4.69, 9.17) is 11.1 Å². The summed E-state index contributed by atoms with van der Waals surface area (Å²) < 4.78 is 0. The number of carbonyl (C=O) groups excluding carboxylic acids is 6. The average molecular weight is 836 g/mol. The first-order valence-corrected chi connectivity index (χ1v) is 20.0. The second kappa shape index (κ2) is 19.8. The number of likely N-dealkylation sites (N-methyl/N-ethyl adjacent to an activating group) is 1. The van der Waals surface area contributed by atoms with Crippen LogP contribution >= 0.6 is 0 Å². The number of nitrogens with zero attached hydrogens (tertiary/aromatic N) is 2. The topological polar surface area (TPSA) is 264 Å². The van der Waals surface area contributed by atoms with Crippen LogP contribution in [0, 0.1) is 19.3 Å². The molecule has 18 nitrogen and oxygen atoms in total. The summed E-state index contributed by atoms with van der Waals surface area (Å²) in [5.41, 5.74) is 15.3. The van der Waals surface area contributed by atoms with Crippen molar-refractivity contribution in [2.45, 2.75) is 73.0 Å². The molecule has 1 saturated heterocycles. The largest absolute Gasteiger partial charge is 0.404 e. The minimum Gasteiger partial charge on any atom is -0.404 e. The third-order valence-corrected chi connectivity index (χ3v) is 10.3. The number of nitrogens with one attached hydrogen (secondary N) is 8. The van der Waals surface area contributed by atoms with E-state index < -0.39 is 41.5 Å². The van der Waals surface area contributed by atoms with Crippen molar-refractivity contribution in [2.24, 2.45) is 5.73 Å². The second-order valence-electron chi connectivity index (χ2n) is 15.1. The normalized spacial score (nSPS) is 15.8. The van der Waals surface area contributed by atoms with Crippen LogP contribution in [0.4, 0.5) is 11.4 Å². The van der Waals surface area contributed by atoms with Gasteiger partial charge in [-0.05, 0) is 101 Å². The molecule has 0 radical (unpaired) electrons. The number of amides is 6. The first-order valence-electron chi connectivity index (χ1n) is 20.0. The Labute approximate surface area is 352 Å². The summed E-state index contributed by atoms with van der Waals surface area (Å²) in [6.45, 7) is 12.2. The minimum absolute atomic E-state index is 0.00155. The molecule has 5 rings (SSSR count). The molecule has 2 aromatic carbocycles. The molecule has 18 heteroatoms. The summed E-state index contributed by atoms with van der Waals surface area (Å²) in [6, 6.07) is 8.98. The van der Waals surface area contributed by atoms with E-state index >= 15 is 0 Å². The third kappa shape index (κ3) is 10.6. The number of hydrogen-bond acceptors (Lipinski definition) is 12. The lowest BCUT2D eigenvalue weighted by Crippen LogP contribution is -2.54. The number of anilines is 2. The van der Waals surface area contributed by atoms with E-state index in [1.54, 1.807) is 42.2 Å². The maximum atomic E-state index is 13.6. The molecule has 1 aromatic heterocycles. The molecule has 2 aliphatic rings. The van der Waals surface area contributed by atoms with Crippen molar-refractivity contribution in [3.63, 3.8) is 0 Å². The van der Waals surface area contributed by atoms with Crippen molar-refractivity contribution in [1.82, 2.24) is 36.3 Å². The summed E-state index contributed by atoms with van der Waals surface area (Å²) in [6.07, 6.45) is 4.84. The predicted molar refractivity (Wildman–Crippen MR) is 232 cm³/mol. The molecule has 3 aromatic rings. The number of H-pyrrole nitrogens is 1. The molecule has 1 unspecified atom stereocenters. The Morgan fingerprint density at radius 1 is 1.05 bits per heavy atom. The van der Waals surface area contributed by atoms with Crippen LogP contribution < -0.4 is 53.8 Å². The number of aryl methyl sites for hydroxylation is 2. The highest BCUT2D eigenvalue weighted by Gasteiger charge is 2.45. The third-order valence-electron chi connectivity index (χ3n) is 10.3. The van der Waals surface area contributed by atoms with Gasteiger partial charge in [-0.25, -0.2) is 5.43 Å². The van der Waals surface area contributed by atoms with Gasteiger partial charge in [0.25, 0.3) is 29.2 Å². The average Bonchev–Trinajstić information content (AvgIpc) is 3.46. The Bertz CT molecular complexity index is 2490. The lowest BCUT2D eigenvalue weighted by molar-refractivity contribution is -0.136. The number of carbonyl (C=O) groups is 6. The molecule has 1 atom stereocenters. The van der Waals surface area contributed by atoms with E-state index in [9.17, 15) is 33.6 Å². The van der Waals surface area contributed by atoms with Gasteiger partial charge >= 0.3 is 0 Å². The van der Waals surface area contributed by atoms with E-state index in [1.807, 2.05) is 46.8 Å². The SMILES string of the molecule is CCN(CCNNC(=O)CNc1cccc2c1C(=O)N(C1CCC(=O)NC1=O)C2=O)C(=N)C=CC(C)=c1cc(NC(C)C)c(=CN)c(C(=O)NCc2c(C)cc(C)[nH]c2=O)c1. The van der Waals surface area contributed by atoms with Crippen molar-refractivity contribution in [2.75, 3.05) is 36.8 Å². The van der Waals surface area contributed by atoms with Crippen LogP contribution in [0.15, 0.2) is 53.3 Å². The van der Waals surface area contributed by atoms with Gasteiger partial charge in [-0.3, -0.25) is 54.6 Å². The quantitative estimate of drug-likeness (QED) is 0.0316. The number of hydrazine groups is 1. The highest BCUT2D eigenvalue weighted by Crippen LogP contribution is 2.32. The summed E-state index contributed by atoms with van der Waals surface area (Å²) in [5, 5.41) is 21.3. The number of pyridine rings is 1. The van der Waals surface area contributed by atoms with Gasteiger partial charge < -0.3 is 31.6 Å². The summed E-state index contributed by atoms with van der Waals surface area (Å²) in [4.78, 5) is 94.9. The Hall–Kier alpha value is -7.08. The highest BCUT2D eigenvalue weighted by molar-refractivity contribution is 6.25. The number of piperidine rings is 1. The van der Waals surface area contributed by atoms with E-state index in [-0.39, 0.29) is 66.7 Å². The molecule has 6 amide bonds. The first-order chi connectivity index (χ1) is 29.0. The van der Waals surface area contributed by atoms with Gasteiger partial charge in [0.05, 0.1) is 23.2 Å². The van der Waals surface area contributed by atoms with Crippen molar-refractivity contribution < 1.29 is 28.8 Å². The van der Waals surface area contributed by atoms with E-state index in [1.165, 1.54) is 12.3 Å². The lowest BCUT2D eigenvalue weighted by Gasteiger charge is -2.27. The van der Waals surface area contributed by atoms with E-state index in [0.29, 0.717) is 35.1 Å². The van der Waals surface area contributed by atoms with E-state index in [2.05, 4.69) is 37.1 Å². The second-order valence-corrected chi connectivity index (χ2v) is 15.1. The summed E-state index contributed by atoms with van der Waals surface area (Å²) in [7, 11) is 0. The molecular weight excluding hydrogens is 783 g/mol. The first kappa shape index (κ1) is 45.0. The number of aromatic amines is 1. The number of aromatic nitrogens is 1. The van der Waals surface area contributed by atoms with Crippen molar-refractivity contribution in [3.05, 3.63) is 103 Å². The van der Waals surface area contributed by atoms with Crippen LogP contribution in [0.25, 0.3) is 11.8 Å². The van der Waals surface area contributed by atoms with E-state index in [0.717, 1.165) is 26.9 Å². The summed E-state index contributed by atoms with van der Waals surface area (Å²) in [5.74, 6) is -3.17. The molecule has 0 saturated carbocycles. The number of amidine groups is 1. The molecule has 1 fully saturated rings. The zero-order valence-electron chi connectivity index (χ0n) is 35.1. The smallest absolute Gasteiger partial charge is 0.264 e. The van der Waals surface area contributed by atoms with Gasteiger partial charge in [0.15, 0.2) is 0 Å². The molecule has 0 spiro atoms. The minimum atomic E-state index is -1.11. The van der Waals surface area contributed by atoms with Gasteiger partial charge in [0, 0.05) is 72.7 Å². The maximum Gasteiger partial charge on any atom is 0.264 e. The van der Waals surface area contributed by atoms with Crippen molar-refractivity contribution >= 4 is 64.4 Å². The Balaban J connectivity index is 1.18. The number of hydrogen-bond donors (Lipinski definition) is 9. The highest BCUT2D eigenvalue weighted by atomic mass is 16.2. The Morgan fingerprint density at radius 2 is 1.80 bits per heavy atom. The number of rotatable bonds is 16. The summed E-state index contributed by atoms with van der Waals surface area (Å²) >= 11 is 0. The number of fused-ring (bicyclic) bond motifs is 1. The van der Waals surface area contributed by atoms with Crippen LogP contribution in [0.1, 0.15) is 88.4 Å². The monoisotopic (exact) mass is 835 g/mol. The predicted octanol–water partition coefficient (Wildman–Crippen LogP) is 0.599. The van der Waals surface area contributed by atoms with Crippen molar-refractivity contribution in [1.29, 1.82) is 5.41 Å². The fraction of sp³-hybridized carbons (Fsp3) is 0.349. The van der Waals surface area contributed by atoms with Crippen LogP contribution in [0.5, 0.6) is 0 Å². The molecule has 0 bridgehead atoms. The number of nitrogens with two attached hydrogens (primary N) is 1. The lowest BCUT2D eigenvalue weighted by atomic mass is 10.0. The zero-order valence-corrected chi connectivity index (χ0v) is 35.1. The van der Waals surface area contributed by atoms with Gasteiger partial charge in [0.2, 0.25) is 11.8 Å². The molecule has 2 aliphatic heterocycles. The van der Waals surface area contributed by atoms with Gasteiger partial charge in [-0.15, -0.1) is 0 Å². The fourth-order valence-corrected chi connectivity index (χ4v) is 7.13.